The van der Waals surface area contributed by atoms with Gasteiger partial charge < -0.3 is 57.3 Å². The van der Waals surface area contributed by atoms with E-state index in [1.807, 2.05) is 0 Å². The summed E-state index contributed by atoms with van der Waals surface area (Å²) in [4.78, 5) is 15.4. The molecule has 21 heteroatoms. The fraction of sp³-hybridized carbons (Fsp3) is 0.483. The molecule has 6 aliphatic rings. The Morgan fingerprint density at radius 1 is 0.231 bits per heavy atom. The first-order valence-corrected chi connectivity index (χ1v) is 59.8. The Morgan fingerprint density at radius 2 is 0.370 bits per heavy atom. The Bertz CT molecular complexity index is 2990. The summed E-state index contributed by atoms with van der Waals surface area (Å²) in [6, 6.07) is 63.2. The number of allylic oxidation sites excluding steroid dienone is 3. The standard InChI is InChI=1S/3C21H29N2Si2.6C4H8O.3Li/c3*1-24(2,3)22-20(18-13-9-7-10-14-18)17-21(23-25(4,5)6)19-15-11-8-12-16-19;6*1-2-4-5-3-1;;;/h3*7-17H,1-6H3;6*1-4H2;;;/q3*-1;;;;;;;3*+1/p+3/b3*20-17-,23-21-;;;;;;;;;. The summed E-state index contributed by atoms with van der Waals surface area (Å²) in [5.74, 6) is 0. The Balaban J connectivity index is 0.000000665. The average Bonchev–Trinajstić information content (AvgIpc) is 1.21. The zero-order chi connectivity index (χ0) is 76.7. The fourth-order valence-corrected chi connectivity index (χ4v) is 16.4. The second-order valence-corrected chi connectivity index (χ2v) is 60.9. The van der Waals surface area contributed by atoms with Crippen molar-refractivity contribution in [3.63, 3.8) is 0 Å². The Morgan fingerprint density at radius 3 is 0.481 bits per heavy atom. The van der Waals surface area contributed by atoms with Crippen molar-refractivity contribution >= 4 is 83.6 Å². The van der Waals surface area contributed by atoms with Crippen LogP contribution in [0.15, 0.2) is 200 Å². The Kier molecular flexibility index (Phi) is 53.7. The normalized spacial score (nSPS) is 16.2. The molecular weight excluding hydrogens is 1410 g/mol. The summed E-state index contributed by atoms with van der Waals surface area (Å²) < 4.78 is 41.0. The summed E-state index contributed by atoms with van der Waals surface area (Å²) in [6.07, 6.45) is 22.0. The third-order valence-electron chi connectivity index (χ3n) is 15.2. The first-order chi connectivity index (χ1) is 49.9. The van der Waals surface area contributed by atoms with Crippen molar-refractivity contribution in [2.75, 3.05) is 79.3 Å². The molecule has 0 radical (unpaired) electrons. The molecule has 6 fully saturated rings. The predicted octanol–water partition coefficient (Wildman–Crippen LogP) is 9.72. The fourth-order valence-electron chi connectivity index (χ4n) is 10.6. The number of nitrogens with one attached hydrogen (secondary N) is 3. The first kappa shape index (κ1) is 102. The molecule has 6 aliphatic heterocycles. The summed E-state index contributed by atoms with van der Waals surface area (Å²) in [7, 11) is -9.28. The number of rotatable bonds is 18. The molecule has 0 saturated carbocycles. The van der Waals surface area contributed by atoms with E-state index in [0.717, 1.165) is 96.4 Å². The Labute approximate surface area is 699 Å². The van der Waals surface area contributed by atoms with Crippen molar-refractivity contribution in [2.24, 2.45) is 0 Å². The minimum absolute atomic E-state index is 0. The number of hydrogen-bond donors (Lipinski definition) is 3. The maximum atomic E-state index is 5.13. The van der Waals surface area contributed by atoms with Gasteiger partial charge in [-0.15, -0.1) is 17.1 Å². The number of benzene rings is 6. The van der Waals surface area contributed by atoms with Gasteiger partial charge in [-0.3, -0.25) is 0 Å². The van der Waals surface area contributed by atoms with Crippen molar-refractivity contribution in [3.8, 4) is 0 Å². The summed E-state index contributed by atoms with van der Waals surface area (Å²) in [5.41, 5.74) is 13.9. The minimum atomic E-state index is -1.60. The molecule has 12 nitrogen and oxygen atoms in total. The van der Waals surface area contributed by atoms with Gasteiger partial charge in [0.25, 0.3) is 0 Å². The van der Waals surface area contributed by atoms with Crippen LogP contribution in [0.3, 0.4) is 0 Å². The van der Waals surface area contributed by atoms with E-state index in [9.17, 15) is 0 Å². The van der Waals surface area contributed by atoms with Crippen molar-refractivity contribution < 1.29 is 99.0 Å². The molecule has 0 aromatic heterocycles. The van der Waals surface area contributed by atoms with E-state index in [1.165, 1.54) is 128 Å². The van der Waals surface area contributed by atoms with Crippen LogP contribution in [0.4, 0.5) is 0 Å². The molecule has 0 spiro atoms. The molecule has 0 aliphatic carbocycles. The number of hydrogen-bond acceptors (Lipinski definition) is 6. The molecule has 0 amide bonds. The average molecular weight is 1550 g/mol. The molecule has 6 aromatic rings. The molecule has 0 atom stereocenters. The summed E-state index contributed by atoms with van der Waals surface area (Å²) in [5, 5.41) is 0. The van der Waals surface area contributed by atoms with Crippen LogP contribution in [0.1, 0.15) is 110 Å². The van der Waals surface area contributed by atoms with Crippen LogP contribution < -0.4 is 70.6 Å². The molecule has 6 saturated heterocycles. The monoisotopic (exact) mass is 1550 g/mol. The Hall–Kier alpha value is -4.20. The summed E-state index contributed by atoms with van der Waals surface area (Å²) >= 11 is 0. The first-order valence-electron chi connectivity index (χ1n) is 39.0. The smallest absolute Gasteiger partial charge is 0.687 e. The molecule has 108 heavy (non-hydrogen) atoms. The van der Waals surface area contributed by atoms with Gasteiger partial charge in [-0.25, -0.2) is 0 Å². The van der Waals surface area contributed by atoms with Crippen molar-refractivity contribution in [1.29, 1.82) is 0 Å². The van der Waals surface area contributed by atoms with Gasteiger partial charge in [-0.05, 0) is 232 Å². The zero-order valence-corrected chi connectivity index (χ0v) is 77.3. The van der Waals surface area contributed by atoms with Gasteiger partial charge in [-0.1, -0.05) is 205 Å². The molecule has 6 aromatic carbocycles. The quantitative estimate of drug-likeness (QED) is 0.0579. The zero-order valence-electron chi connectivity index (χ0n) is 71.3. The van der Waals surface area contributed by atoms with Gasteiger partial charge in [-0.2, -0.15) is 0 Å². The molecule has 576 valence electrons. The minimum Gasteiger partial charge on any atom is -0.687 e. The predicted molar refractivity (Wildman–Crippen MR) is 468 cm³/mol. The summed E-state index contributed by atoms with van der Waals surface area (Å²) in [6.45, 7) is 53.4. The van der Waals surface area contributed by atoms with Gasteiger partial charge in [0.15, 0.2) is 17.1 Å². The molecule has 0 bridgehead atoms. The van der Waals surface area contributed by atoms with Crippen LogP contribution in [0.2, 0.25) is 118 Å². The van der Waals surface area contributed by atoms with Gasteiger partial charge in [0.1, 0.15) is 0 Å². The van der Waals surface area contributed by atoms with Gasteiger partial charge in [0.2, 0.25) is 0 Å². The molecule has 0 unspecified atom stereocenters. The van der Waals surface area contributed by atoms with Crippen LogP contribution in [0, 0.1) is 0 Å². The van der Waals surface area contributed by atoms with Crippen molar-refractivity contribution in [3.05, 3.63) is 249 Å². The second-order valence-electron chi connectivity index (χ2n) is 32.9. The van der Waals surface area contributed by atoms with E-state index in [4.69, 9.17) is 43.4 Å². The van der Waals surface area contributed by atoms with E-state index in [1.54, 1.807) is 0 Å². The SMILES string of the molecule is C1CCOC1.C1CCOC1.C1CCOC1.C1CCOC1.C1CCOC1.C1CCOC1.C[Si](C)(C)[N-]/C(=C\C(=[NH+]\[Si](C)(C)C)c1ccccc1)c1ccccc1.C[Si](C)(C)[N-]/C(=C\C(=[NH+]\[Si](C)(C)C)c1ccccc1)c1ccccc1.C[Si](C)(C)[N-]/C(=C\C(=[NH+]\[Si](C)(C)C)c1ccccc1)c1ccccc1.[Li+].[Li+].[Li+]. The second kappa shape index (κ2) is 56.9. The van der Waals surface area contributed by atoms with Crippen LogP contribution in [-0.2, 0) is 28.4 Å². The van der Waals surface area contributed by atoms with Crippen molar-refractivity contribution in [2.45, 2.75) is 195 Å². The maximum Gasteiger partial charge on any atom is 1.00 e. The van der Waals surface area contributed by atoms with E-state index >= 15 is 0 Å². The molecule has 3 N–H and O–H groups in total. The number of ether oxygens (including phenoxy) is 6. The maximum absolute atomic E-state index is 5.13. The largest absolute Gasteiger partial charge is 1.00 e. The van der Waals surface area contributed by atoms with Crippen LogP contribution in [0.25, 0.3) is 32.0 Å². The van der Waals surface area contributed by atoms with Crippen LogP contribution in [-0.4, -0.2) is 146 Å². The third-order valence-corrected chi connectivity index (χ3v) is 21.0. The molecule has 6 heterocycles. The van der Waals surface area contributed by atoms with E-state index in [0.29, 0.717) is 0 Å². The molecule has 12 rings (SSSR count). The van der Waals surface area contributed by atoms with Crippen LogP contribution >= 0.6 is 0 Å². The van der Waals surface area contributed by atoms with Gasteiger partial charge in [0.05, 0.1) is 0 Å². The van der Waals surface area contributed by atoms with Crippen molar-refractivity contribution in [1.82, 2.24) is 0 Å². The van der Waals surface area contributed by atoms with Crippen LogP contribution in [0.5, 0.6) is 0 Å². The van der Waals surface area contributed by atoms with E-state index in [-0.39, 0.29) is 56.6 Å². The topological polar surface area (TPSA) is 140 Å². The van der Waals surface area contributed by atoms with Gasteiger partial charge >= 0.3 is 81.3 Å². The number of nitrogens with zero attached hydrogens (tertiary/aromatic N) is 3. The van der Waals surface area contributed by atoms with E-state index < -0.39 is 49.4 Å². The molecular formula is C87H138Li3N6O6Si6+3. The van der Waals surface area contributed by atoms with Gasteiger partial charge in [0, 0.05) is 96.0 Å². The third kappa shape index (κ3) is 52.9. The van der Waals surface area contributed by atoms with E-state index in [2.05, 4.69) is 332 Å².